The van der Waals surface area contributed by atoms with E-state index < -0.39 is 0 Å². The van der Waals surface area contributed by atoms with Gasteiger partial charge in [-0.3, -0.25) is 0 Å². The predicted octanol–water partition coefficient (Wildman–Crippen LogP) is -0.831. The van der Waals surface area contributed by atoms with E-state index in [-0.39, 0.29) is 0 Å². The Labute approximate surface area is 39.2 Å². The topological polar surface area (TPSA) is 24.1 Å². The number of hydrogen-bond acceptors (Lipinski definition) is 2. The highest BCUT2D eigenvalue weighted by Crippen LogP contribution is 1.85. The number of rotatable bonds is 0. The van der Waals surface area contributed by atoms with Crippen LogP contribution >= 0.6 is 0 Å². The SMILES string of the molecule is [B]1CC[B]NN1. The van der Waals surface area contributed by atoms with Gasteiger partial charge in [0.05, 0.1) is 0 Å². The van der Waals surface area contributed by atoms with E-state index >= 15 is 0 Å². The molecule has 0 saturated carbocycles. The van der Waals surface area contributed by atoms with Crippen molar-refractivity contribution in [2.75, 3.05) is 0 Å². The molecule has 0 unspecified atom stereocenters. The quantitative estimate of drug-likeness (QED) is 0.371. The lowest BCUT2D eigenvalue weighted by molar-refractivity contribution is 0.896. The number of hydrazine groups is 1. The summed E-state index contributed by atoms with van der Waals surface area (Å²) < 4.78 is 0. The Hall–Kier alpha value is 0.0499. The highest BCUT2D eigenvalue weighted by molar-refractivity contribution is 6.43. The molecule has 6 heavy (non-hydrogen) atoms. The van der Waals surface area contributed by atoms with Crippen molar-refractivity contribution in [2.45, 2.75) is 12.6 Å². The highest BCUT2D eigenvalue weighted by atomic mass is 15.3. The normalized spacial score (nSPS) is 21.3. The van der Waals surface area contributed by atoms with Crippen molar-refractivity contribution < 1.29 is 0 Å². The van der Waals surface area contributed by atoms with Crippen LogP contribution in [0.5, 0.6) is 0 Å². The zero-order valence-electron chi connectivity index (χ0n) is 3.57. The van der Waals surface area contributed by atoms with E-state index in [2.05, 4.69) is 10.7 Å². The van der Waals surface area contributed by atoms with Crippen LogP contribution in [0.1, 0.15) is 0 Å². The van der Waals surface area contributed by atoms with Gasteiger partial charge in [-0.1, -0.05) is 12.6 Å². The van der Waals surface area contributed by atoms with E-state index in [0.29, 0.717) is 0 Å². The summed E-state index contributed by atoms with van der Waals surface area (Å²) >= 11 is 0. The second kappa shape index (κ2) is 2.26. The van der Waals surface area contributed by atoms with E-state index in [1.165, 1.54) is 0 Å². The minimum atomic E-state index is 1.15. The Balaban J connectivity index is 2.00. The third-order valence-corrected chi connectivity index (χ3v) is 0.743. The fourth-order valence-corrected chi connectivity index (χ4v) is 0.429. The lowest BCUT2D eigenvalue weighted by Crippen LogP contribution is -2.41. The Morgan fingerprint density at radius 1 is 1.00 bits per heavy atom. The molecule has 1 rings (SSSR count). The van der Waals surface area contributed by atoms with E-state index in [0.717, 1.165) is 12.6 Å². The van der Waals surface area contributed by atoms with Gasteiger partial charge in [0.1, 0.15) is 0 Å². The van der Waals surface area contributed by atoms with Crippen LogP contribution in [0.3, 0.4) is 0 Å². The molecule has 1 fully saturated rings. The maximum atomic E-state index is 2.85. The van der Waals surface area contributed by atoms with Crippen molar-refractivity contribution in [3.63, 3.8) is 0 Å². The third kappa shape index (κ3) is 1.03. The van der Waals surface area contributed by atoms with Gasteiger partial charge >= 0.3 is 0 Å². The second-order valence-electron chi connectivity index (χ2n) is 1.27. The molecule has 0 spiro atoms. The fourth-order valence-electron chi connectivity index (χ4n) is 0.429. The van der Waals surface area contributed by atoms with Crippen LogP contribution in [0, 0.1) is 0 Å². The minimum Gasteiger partial charge on any atom is -0.314 e. The van der Waals surface area contributed by atoms with Crippen LogP contribution in [0.4, 0.5) is 0 Å². The fraction of sp³-hybridized carbons (Fsp3) is 1.00. The number of nitrogens with one attached hydrogen (secondary N) is 2. The van der Waals surface area contributed by atoms with Crippen molar-refractivity contribution in [3.05, 3.63) is 0 Å². The Morgan fingerprint density at radius 3 is 1.67 bits per heavy atom. The van der Waals surface area contributed by atoms with Crippen LogP contribution in [0.2, 0.25) is 12.6 Å². The summed E-state index contributed by atoms with van der Waals surface area (Å²) in [7, 11) is 4.00. The molecule has 0 aromatic rings. The Morgan fingerprint density at radius 2 is 1.50 bits per heavy atom. The van der Waals surface area contributed by atoms with Crippen LogP contribution in [0.15, 0.2) is 0 Å². The Kier molecular flexibility index (Phi) is 1.59. The van der Waals surface area contributed by atoms with Gasteiger partial charge in [-0.15, -0.1) is 0 Å². The van der Waals surface area contributed by atoms with Gasteiger partial charge in [0.2, 0.25) is 14.8 Å². The molecule has 2 nitrogen and oxygen atoms in total. The van der Waals surface area contributed by atoms with Gasteiger partial charge in [-0.05, 0) is 0 Å². The van der Waals surface area contributed by atoms with E-state index in [4.69, 9.17) is 0 Å². The van der Waals surface area contributed by atoms with E-state index in [1.54, 1.807) is 0 Å². The standard InChI is InChI=1S/C2H6B2N2/c1-2-4-6-5-3-1/h5-6H,1-2H2. The van der Waals surface area contributed by atoms with Crippen molar-refractivity contribution in [2.24, 2.45) is 0 Å². The van der Waals surface area contributed by atoms with Crippen LogP contribution in [-0.4, -0.2) is 14.8 Å². The summed E-state index contributed by atoms with van der Waals surface area (Å²) in [5, 5.41) is 5.71. The van der Waals surface area contributed by atoms with Gasteiger partial charge in [-0.25, -0.2) is 0 Å². The first-order chi connectivity index (χ1) is 3.00. The molecular formula is C2H6B2N2. The molecule has 2 radical (unpaired) electrons. The molecule has 1 aliphatic heterocycles. The zero-order chi connectivity index (χ0) is 4.24. The molecule has 1 saturated heterocycles. The summed E-state index contributed by atoms with van der Waals surface area (Å²) in [6.45, 7) is 0. The second-order valence-corrected chi connectivity index (χ2v) is 1.27. The van der Waals surface area contributed by atoms with Gasteiger partial charge < -0.3 is 10.7 Å². The Bertz CT molecular complexity index is 25.0. The van der Waals surface area contributed by atoms with Gasteiger partial charge in [0, 0.05) is 0 Å². The first-order valence-electron chi connectivity index (χ1n) is 2.14. The average Bonchev–Trinajstić information content (AvgIpc) is 1.72. The maximum absolute atomic E-state index is 2.85. The predicted molar refractivity (Wildman–Crippen MR) is 27.4 cm³/mol. The monoisotopic (exact) mass is 80.1 g/mol. The maximum Gasteiger partial charge on any atom is 0.223 e. The lowest BCUT2D eigenvalue weighted by Gasteiger charge is -2.08. The summed E-state index contributed by atoms with van der Waals surface area (Å²) in [5.41, 5.74) is 0. The molecule has 0 aromatic carbocycles. The minimum absolute atomic E-state index is 1.15. The summed E-state index contributed by atoms with van der Waals surface area (Å²) in [6, 6.07) is 0. The molecular weight excluding hydrogens is 73.7 g/mol. The van der Waals surface area contributed by atoms with Gasteiger partial charge in [-0.2, -0.15) is 0 Å². The smallest absolute Gasteiger partial charge is 0.223 e. The highest BCUT2D eigenvalue weighted by Gasteiger charge is 1.97. The molecule has 1 heterocycles. The van der Waals surface area contributed by atoms with Crippen LogP contribution in [0.25, 0.3) is 0 Å². The zero-order valence-corrected chi connectivity index (χ0v) is 3.57. The summed E-state index contributed by atoms with van der Waals surface area (Å²) in [4.78, 5) is 0. The first-order valence-corrected chi connectivity index (χ1v) is 2.14. The van der Waals surface area contributed by atoms with Crippen molar-refractivity contribution in [3.8, 4) is 0 Å². The van der Waals surface area contributed by atoms with Crippen LogP contribution < -0.4 is 10.7 Å². The molecule has 2 N–H and O–H groups in total. The molecule has 30 valence electrons. The molecule has 4 heteroatoms. The molecule has 0 atom stereocenters. The van der Waals surface area contributed by atoms with Crippen molar-refractivity contribution in [1.82, 2.24) is 10.7 Å². The van der Waals surface area contributed by atoms with Crippen molar-refractivity contribution in [1.29, 1.82) is 0 Å². The van der Waals surface area contributed by atoms with E-state index in [9.17, 15) is 0 Å². The molecule has 0 amide bonds. The lowest BCUT2D eigenvalue weighted by atomic mass is 9.73. The largest absolute Gasteiger partial charge is 0.314 e. The molecule has 0 bridgehead atoms. The van der Waals surface area contributed by atoms with E-state index in [1.807, 2.05) is 14.8 Å². The van der Waals surface area contributed by atoms with Gasteiger partial charge in [0.15, 0.2) is 0 Å². The van der Waals surface area contributed by atoms with Crippen molar-refractivity contribution >= 4 is 14.8 Å². The third-order valence-electron chi connectivity index (χ3n) is 0.743. The molecule has 0 aliphatic carbocycles. The summed E-state index contributed by atoms with van der Waals surface area (Å²) in [5.74, 6) is 0. The molecule has 0 aromatic heterocycles. The number of hydrogen-bond donors (Lipinski definition) is 2. The summed E-state index contributed by atoms with van der Waals surface area (Å²) in [6.07, 6.45) is 2.29. The first kappa shape index (κ1) is 4.22. The van der Waals surface area contributed by atoms with Crippen LogP contribution in [-0.2, 0) is 0 Å². The molecule has 1 aliphatic rings. The van der Waals surface area contributed by atoms with Gasteiger partial charge in [0.25, 0.3) is 0 Å². The average molecular weight is 79.7 g/mol.